The van der Waals surface area contributed by atoms with E-state index in [4.69, 9.17) is 0 Å². The second-order valence-electron chi connectivity index (χ2n) is 7.53. The first kappa shape index (κ1) is 22.9. The van der Waals surface area contributed by atoms with E-state index in [9.17, 15) is 18.0 Å². The molecule has 2 heterocycles. The number of carbonyl (C=O) groups is 1. The Bertz CT molecular complexity index is 1460. The lowest BCUT2D eigenvalue weighted by atomic mass is 10.1. The van der Waals surface area contributed by atoms with Gasteiger partial charge >= 0.3 is 5.97 Å². The van der Waals surface area contributed by atoms with Crippen LogP contribution >= 0.6 is 11.3 Å². The Balaban J connectivity index is 1.74. The van der Waals surface area contributed by atoms with E-state index in [2.05, 4.69) is 9.72 Å². The van der Waals surface area contributed by atoms with Crippen LogP contribution in [0.5, 0.6) is 0 Å². The number of fused-ring (bicyclic) bond motifs is 1. The molecule has 0 fully saturated rings. The van der Waals surface area contributed by atoms with Gasteiger partial charge in [-0.05, 0) is 59.7 Å². The molecule has 9 heteroatoms. The lowest BCUT2D eigenvalue weighted by Gasteiger charge is -2.22. The second kappa shape index (κ2) is 9.30. The zero-order valence-corrected chi connectivity index (χ0v) is 19.7. The van der Waals surface area contributed by atoms with Crippen molar-refractivity contribution in [1.29, 1.82) is 0 Å². The molecule has 33 heavy (non-hydrogen) atoms. The number of nitrogens with one attached hydrogen (secondary N) is 1. The Kier molecular flexibility index (Phi) is 6.46. The van der Waals surface area contributed by atoms with E-state index >= 15 is 0 Å². The van der Waals surface area contributed by atoms with E-state index in [-0.39, 0.29) is 29.1 Å². The molecule has 0 radical (unpaired) electrons. The number of esters is 1. The van der Waals surface area contributed by atoms with Gasteiger partial charge < -0.3 is 9.72 Å². The summed E-state index contributed by atoms with van der Waals surface area (Å²) in [7, 11) is -2.71. The van der Waals surface area contributed by atoms with Crippen molar-refractivity contribution in [3.63, 3.8) is 0 Å². The quantitative estimate of drug-likeness (QED) is 0.401. The van der Waals surface area contributed by atoms with Crippen molar-refractivity contribution >= 4 is 38.2 Å². The van der Waals surface area contributed by atoms with Gasteiger partial charge in [0.15, 0.2) is 0 Å². The van der Waals surface area contributed by atoms with Crippen molar-refractivity contribution in [3.05, 3.63) is 98.0 Å². The van der Waals surface area contributed by atoms with Crippen LogP contribution in [0.4, 0.5) is 0 Å². The normalized spacial score (nSPS) is 11.7. The largest absolute Gasteiger partial charge is 0.465 e. The predicted octanol–water partition coefficient (Wildman–Crippen LogP) is 4.08. The molecule has 2 aromatic carbocycles. The number of aromatic nitrogens is 1. The zero-order valence-electron chi connectivity index (χ0n) is 18.1. The number of benzene rings is 2. The fraction of sp³-hybridized carbons (Fsp3) is 0.167. The summed E-state index contributed by atoms with van der Waals surface area (Å²) in [5.41, 5.74) is 1.94. The van der Waals surface area contributed by atoms with Crippen LogP contribution in [0.25, 0.3) is 10.9 Å². The van der Waals surface area contributed by atoms with E-state index < -0.39 is 16.0 Å². The number of carbonyl (C=O) groups excluding carboxylic acids is 1. The lowest BCUT2D eigenvalue weighted by Crippen LogP contribution is -2.32. The van der Waals surface area contributed by atoms with Crippen LogP contribution in [0.2, 0.25) is 0 Å². The van der Waals surface area contributed by atoms with Crippen LogP contribution in [-0.4, -0.2) is 30.8 Å². The summed E-state index contributed by atoms with van der Waals surface area (Å²) in [5, 5.41) is 2.71. The highest BCUT2D eigenvalue weighted by Gasteiger charge is 2.27. The Hall–Kier alpha value is -3.27. The summed E-state index contributed by atoms with van der Waals surface area (Å²) < 4.78 is 33.0. The molecule has 4 aromatic rings. The highest BCUT2D eigenvalue weighted by Crippen LogP contribution is 2.24. The first-order valence-corrected chi connectivity index (χ1v) is 12.4. The van der Waals surface area contributed by atoms with E-state index in [1.807, 2.05) is 42.6 Å². The van der Waals surface area contributed by atoms with Gasteiger partial charge in [-0.15, -0.1) is 11.3 Å². The van der Waals surface area contributed by atoms with Gasteiger partial charge in [0, 0.05) is 23.5 Å². The van der Waals surface area contributed by atoms with Gasteiger partial charge in [-0.3, -0.25) is 4.79 Å². The number of methoxy groups -OCH3 is 1. The number of thiophene rings is 1. The first-order chi connectivity index (χ1) is 15.8. The number of nitrogens with zero attached hydrogens (tertiary/aromatic N) is 1. The molecule has 0 saturated carbocycles. The fourth-order valence-corrected chi connectivity index (χ4v) is 5.77. The highest BCUT2D eigenvalue weighted by molar-refractivity contribution is 7.89. The minimum absolute atomic E-state index is 0.0276. The Morgan fingerprint density at radius 3 is 2.48 bits per heavy atom. The molecule has 0 aliphatic carbocycles. The maximum atomic E-state index is 13.5. The number of hydrogen-bond acceptors (Lipinski definition) is 6. The standard InChI is InChI=1S/C24H22N2O5S2/c1-16-5-3-6-18-13-19(23(27)25-22(16)18)14-26(15-20-7-4-12-32-20)33(29,30)21-10-8-17(9-11-21)24(28)31-2/h3-13H,14-15H2,1-2H3,(H,25,27). The highest BCUT2D eigenvalue weighted by atomic mass is 32.2. The third kappa shape index (κ3) is 4.75. The number of H-pyrrole nitrogens is 1. The maximum absolute atomic E-state index is 13.5. The Morgan fingerprint density at radius 2 is 1.82 bits per heavy atom. The van der Waals surface area contributed by atoms with Crippen LogP contribution < -0.4 is 5.56 Å². The van der Waals surface area contributed by atoms with E-state index in [1.165, 1.54) is 47.0 Å². The summed E-state index contributed by atoms with van der Waals surface area (Å²) in [6, 6.07) is 16.7. The van der Waals surface area contributed by atoms with Crippen molar-refractivity contribution in [2.45, 2.75) is 24.9 Å². The molecule has 0 amide bonds. The smallest absolute Gasteiger partial charge is 0.337 e. The van der Waals surface area contributed by atoms with Crippen molar-refractivity contribution in [1.82, 2.24) is 9.29 Å². The number of rotatable bonds is 7. The number of pyridine rings is 1. The van der Waals surface area contributed by atoms with Crippen LogP contribution in [0.15, 0.2) is 75.7 Å². The van der Waals surface area contributed by atoms with Crippen LogP contribution in [0.1, 0.15) is 26.4 Å². The SMILES string of the molecule is COC(=O)c1ccc(S(=O)(=O)N(Cc2cccs2)Cc2cc3cccc(C)c3[nH]c2=O)cc1. The van der Waals surface area contributed by atoms with Crippen molar-refractivity contribution < 1.29 is 17.9 Å². The van der Waals surface area contributed by atoms with E-state index in [1.54, 1.807) is 6.07 Å². The van der Waals surface area contributed by atoms with Crippen LogP contribution in [-0.2, 0) is 27.8 Å². The van der Waals surface area contributed by atoms with Gasteiger partial charge in [0.1, 0.15) is 0 Å². The maximum Gasteiger partial charge on any atom is 0.337 e. The number of aryl methyl sites for hydroxylation is 1. The molecule has 0 aliphatic rings. The molecule has 1 N–H and O–H groups in total. The Labute approximate surface area is 195 Å². The predicted molar refractivity (Wildman–Crippen MR) is 128 cm³/mol. The van der Waals surface area contributed by atoms with Gasteiger partial charge in [0.25, 0.3) is 5.56 Å². The molecule has 7 nitrogen and oxygen atoms in total. The minimum atomic E-state index is -3.97. The molecule has 0 spiro atoms. The number of hydrogen-bond donors (Lipinski definition) is 1. The van der Waals surface area contributed by atoms with Crippen LogP contribution in [0.3, 0.4) is 0 Å². The summed E-state index contributed by atoms with van der Waals surface area (Å²) in [4.78, 5) is 28.3. The zero-order chi connectivity index (χ0) is 23.6. The molecule has 4 rings (SSSR count). The minimum Gasteiger partial charge on any atom is -0.465 e. The van der Waals surface area contributed by atoms with Gasteiger partial charge in [0.2, 0.25) is 10.0 Å². The van der Waals surface area contributed by atoms with E-state index in [0.29, 0.717) is 5.56 Å². The second-order valence-corrected chi connectivity index (χ2v) is 10.5. The number of para-hydroxylation sites is 1. The molecule has 2 aromatic heterocycles. The molecule has 0 atom stereocenters. The van der Waals surface area contributed by atoms with Gasteiger partial charge in [-0.25, -0.2) is 13.2 Å². The number of sulfonamides is 1. The fourth-order valence-electron chi connectivity index (χ4n) is 3.57. The average molecular weight is 483 g/mol. The third-order valence-corrected chi connectivity index (χ3v) is 8.00. The molecular formula is C24H22N2O5S2. The van der Waals surface area contributed by atoms with Gasteiger partial charge in [0.05, 0.1) is 23.1 Å². The van der Waals surface area contributed by atoms with Crippen LogP contribution in [0, 0.1) is 6.92 Å². The Morgan fingerprint density at radius 1 is 1.06 bits per heavy atom. The molecular weight excluding hydrogens is 460 g/mol. The average Bonchev–Trinajstić information content (AvgIpc) is 3.32. The van der Waals surface area contributed by atoms with E-state index in [0.717, 1.165) is 21.3 Å². The molecule has 0 bridgehead atoms. The number of aromatic amines is 1. The lowest BCUT2D eigenvalue weighted by molar-refractivity contribution is 0.0600. The molecule has 0 unspecified atom stereocenters. The van der Waals surface area contributed by atoms with Crippen molar-refractivity contribution in [2.24, 2.45) is 0 Å². The van der Waals surface area contributed by atoms with Crippen molar-refractivity contribution in [3.8, 4) is 0 Å². The number of ether oxygens (including phenoxy) is 1. The molecule has 0 aliphatic heterocycles. The summed E-state index contributed by atoms with van der Waals surface area (Å²) in [5.74, 6) is -0.549. The van der Waals surface area contributed by atoms with Gasteiger partial charge in [-0.1, -0.05) is 24.3 Å². The molecule has 0 saturated heterocycles. The first-order valence-electron chi connectivity index (χ1n) is 10.1. The summed E-state index contributed by atoms with van der Waals surface area (Å²) in [6.45, 7) is 1.92. The summed E-state index contributed by atoms with van der Waals surface area (Å²) in [6.07, 6.45) is 0. The summed E-state index contributed by atoms with van der Waals surface area (Å²) >= 11 is 1.44. The van der Waals surface area contributed by atoms with Crippen molar-refractivity contribution in [2.75, 3.05) is 7.11 Å². The topological polar surface area (TPSA) is 96.5 Å². The van der Waals surface area contributed by atoms with Gasteiger partial charge in [-0.2, -0.15) is 4.31 Å². The third-order valence-electron chi connectivity index (χ3n) is 5.34. The molecule has 170 valence electrons. The monoisotopic (exact) mass is 482 g/mol.